The normalized spacial score (nSPS) is 17.5. The fourth-order valence-electron chi connectivity index (χ4n) is 2.73. The van der Waals surface area contributed by atoms with Crippen molar-refractivity contribution in [2.75, 3.05) is 32.6 Å². The highest BCUT2D eigenvalue weighted by atomic mass is 16.6. The predicted octanol–water partition coefficient (Wildman–Crippen LogP) is 1.66. The van der Waals surface area contributed by atoms with Crippen molar-refractivity contribution in [2.24, 2.45) is 5.92 Å². The van der Waals surface area contributed by atoms with Crippen LogP contribution in [0.2, 0.25) is 0 Å². The third-order valence-electron chi connectivity index (χ3n) is 3.95. The summed E-state index contributed by atoms with van der Waals surface area (Å²) < 4.78 is 4.73. The van der Waals surface area contributed by atoms with Gasteiger partial charge in [0.15, 0.2) is 0 Å². The van der Waals surface area contributed by atoms with Crippen molar-refractivity contribution < 1.29 is 19.2 Å². The second-order valence-corrected chi connectivity index (χ2v) is 5.35. The summed E-state index contributed by atoms with van der Waals surface area (Å²) in [6, 6.07) is 4.31. The standard InChI is InChI=1S/C15H19N3O5/c1-16-12-6-5-10(8-13(12)18(21)22)14(19)17-7-3-4-11(9-17)15(20)23-2/h5-6,8,11,16H,3-4,7,9H2,1-2H3. The van der Waals surface area contributed by atoms with E-state index in [1.165, 1.54) is 19.2 Å². The summed E-state index contributed by atoms with van der Waals surface area (Å²) in [6.07, 6.45) is 1.37. The summed E-state index contributed by atoms with van der Waals surface area (Å²) in [4.78, 5) is 36.3. The average Bonchev–Trinajstić information content (AvgIpc) is 2.59. The minimum atomic E-state index is -0.532. The molecule has 0 saturated carbocycles. The number of hydrogen-bond acceptors (Lipinski definition) is 6. The van der Waals surface area contributed by atoms with E-state index in [-0.39, 0.29) is 35.6 Å². The van der Waals surface area contributed by atoms with Gasteiger partial charge in [0.2, 0.25) is 0 Å². The Morgan fingerprint density at radius 3 is 2.78 bits per heavy atom. The number of likely N-dealkylation sites (tertiary alicyclic amines) is 1. The third-order valence-corrected chi connectivity index (χ3v) is 3.95. The molecule has 1 unspecified atom stereocenters. The molecule has 0 aromatic heterocycles. The molecule has 8 heteroatoms. The first-order valence-electron chi connectivity index (χ1n) is 7.31. The Balaban J connectivity index is 2.21. The number of nitrogens with one attached hydrogen (secondary N) is 1. The van der Waals surface area contributed by atoms with Crippen LogP contribution in [0.5, 0.6) is 0 Å². The fraction of sp³-hybridized carbons (Fsp3) is 0.467. The number of carbonyl (C=O) groups excluding carboxylic acids is 2. The Morgan fingerprint density at radius 1 is 1.43 bits per heavy atom. The van der Waals surface area contributed by atoms with Gasteiger partial charge in [0.1, 0.15) is 5.69 Å². The number of carbonyl (C=O) groups is 2. The lowest BCUT2D eigenvalue weighted by atomic mass is 9.97. The average molecular weight is 321 g/mol. The number of amides is 1. The number of methoxy groups -OCH3 is 1. The Bertz CT molecular complexity index is 632. The lowest BCUT2D eigenvalue weighted by Crippen LogP contribution is -2.42. The molecule has 1 aromatic rings. The van der Waals surface area contributed by atoms with Crippen LogP contribution in [0.1, 0.15) is 23.2 Å². The van der Waals surface area contributed by atoms with Gasteiger partial charge in [0.25, 0.3) is 11.6 Å². The highest BCUT2D eigenvalue weighted by molar-refractivity contribution is 5.96. The molecule has 8 nitrogen and oxygen atoms in total. The maximum atomic E-state index is 12.6. The zero-order valence-electron chi connectivity index (χ0n) is 13.1. The van der Waals surface area contributed by atoms with Gasteiger partial charge in [0.05, 0.1) is 18.0 Å². The molecule has 1 saturated heterocycles. The number of hydrogen-bond donors (Lipinski definition) is 1. The summed E-state index contributed by atoms with van der Waals surface area (Å²) in [5.41, 5.74) is 0.429. The summed E-state index contributed by atoms with van der Waals surface area (Å²) in [6.45, 7) is 0.793. The second kappa shape index (κ2) is 7.08. The predicted molar refractivity (Wildman–Crippen MR) is 83.3 cm³/mol. The van der Waals surface area contributed by atoms with Gasteiger partial charge in [-0.25, -0.2) is 0 Å². The number of benzene rings is 1. The van der Waals surface area contributed by atoms with Crippen LogP contribution in [-0.4, -0.2) is 48.9 Å². The van der Waals surface area contributed by atoms with Crippen molar-refractivity contribution in [3.8, 4) is 0 Å². The van der Waals surface area contributed by atoms with Crippen LogP contribution < -0.4 is 5.32 Å². The lowest BCUT2D eigenvalue weighted by Gasteiger charge is -2.31. The van der Waals surface area contributed by atoms with Crippen LogP contribution in [0.4, 0.5) is 11.4 Å². The van der Waals surface area contributed by atoms with Crippen molar-refractivity contribution in [1.29, 1.82) is 0 Å². The molecule has 0 aliphatic carbocycles. The Kier molecular flexibility index (Phi) is 5.15. The number of ether oxygens (including phenoxy) is 1. The largest absolute Gasteiger partial charge is 0.469 e. The van der Waals surface area contributed by atoms with Crippen LogP contribution in [0, 0.1) is 16.0 Å². The number of rotatable bonds is 4. The Labute approximate surface area is 133 Å². The molecule has 124 valence electrons. The summed E-state index contributed by atoms with van der Waals surface area (Å²) in [5.74, 6) is -0.993. The fourth-order valence-corrected chi connectivity index (χ4v) is 2.73. The summed E-state index contributed by atoms with van der Waals surface area (Å²) >= 11 is 0. The quantitative estimate of drug-likeness (QED) is 0.514. The Hall–Kier alpha value is -2.64. The van der Waals surface area contributed by atoms with Crippen LogP contribution >= 0.6 is 0 Å². The molecular formula is C15H19N3O5. The van der Waals surface area contributed by atoms with E-state index < -0.39 is 4.92 Å². The zero-order chi connectivity index (χ0) is 17.0. The topological polar surface area (TPSA) is 102 Å². The lowest BCUT2D eigenvalue weighted by molar-refractivity contribution is -0.384. The number of piperidine rings is 1. The van der Waals surface area contributed by atoms with E-state index in [0.717, 1.165) is 0 Å². The van der Waals surface area contributed by atoms with Gasteiger partial charge in [-0.2, -0.15) is 0 Å². The van der Waals surface area contributed by atoms with E-state index in [0.29, 0.717) is 25.1 Å². The SMILES string of the molecule is CNc1ccc(C(=O)N2CCCC(C(=O)OC)C2)cc1[N+](=O)[O-]. The molecule has 0 spiro atoms. The molecule has 1 aliphatic heterocycles. The highest BCUT2D eigenvalue weighted by Gasteiger charge is 2.30. The van der Waals surface area contributed by atoms with Gasteiger partial charge < -0.3 is 15.0 Å². The first kappa shape index (κ1) is 16.7. The monoisotopic (exact) mass is 321 g/mol. The smallest absolute Gasteiger partial charge is 0.310 e. The van der Waals surface area contributed by atoms with Gasteiger partial charge >= 0.3 is 5.97 Å². The molecule has 1 aromatic carbocycles. The van der Waals surface area contributed by atoms with E-state index in [1.807, 2.05) is 0 Å². The van der Waals surface area contributed by atoms with Gasteiger partial charge in [-0.05, 0) is 25.0 Å². The van der Waals surface area contributed by atoms with E-state index >= 15 is 0 Å². The molecule has 1 aliphatic rings. The second-order valence-electron chi connectivity index (χ2n) is 5.35. The molecule has 1 heterocycles. The van der Waals surface area contributed by atoms with E-state index in [1.54, 1.807) is 18.0 Å². The van der Waals surface area contributed by atoms with Crippen molar-refractivity contribution in [2.45, 2.75) is 12.8 Å². The van der Waals surface area contributed by atoms with Crippen LogP contribution in [0.25, 0.3) is 0 Å². The number of nitrogens with zero attached hydrogens (tertiary/aromatic N) is 2. The molecule has 1 amide bonds. The molecule has 2 rings (SSSR count). The van der Waals surface area contributed by atoms with Crippen molar-refractivity contribution >= 4 is 23.3 Å². The summed E-state index contributed by atoms with van der Waals surface area (Å²) in [5, 5.41) is 13.8. The van der Waals surface area contributed by atoms with E-state index in [4.69, 9.17) is 4.74 Å². The third kappa shape index (κ3) is 3.58. The number of anilines is 1. The van der Waals surface area contributed by atoms with Gasteiger partial charge in [-0.15, -0.1) is 0 Å². The zero-order valence-corrected chi connectivity index (χ0v) is 13.1. The van der Waals surface area contributed by atoms with Crippen LogP contribution in [0.3, 0.4) is 0 Å². The van der Waals surface area contributed by atoms with E-state index in [9.17, 15) is 19.7 Å². The molecule has 1 atom stereocenters. The van der Waals surface area contributed by atoms with Crippen molar-refractivity contribution in [3.63, 3.8) is 0 Å². The highest BCUT2D eigenvalue weighted by Crippen LogP contribution is 2.27. The van der Waals surface area contributed by atoms with Gasteiger partial charge in [0, 0.05) is 31.8 Å². The minimum Gasteiger partial charge on any atom is -0.469 e. The van der Waals surface area contributed by atoms with Gasteiger partial charge in [-0.3, -0.25) is 19.7 Å². The molecule has 0 bridgehead atoms. The first-order valence-corrected chi connectivity index (χ1v) is 7.31. The number of esters is 1. The minimum absolute atomic E-state index is 0.153. The van der Waals surface area contributed by atoms with E-state index in [2.05, 4.69) is 5.32 Å². The Morgan fingerprint density at radius 2 is 2.17 bits per heavy atom. The molecule has 1 N–H and O–H groups in total. The molecule has 23 heavy (non-hydrogen) atoms. The molecular weight excluding hydrogens is 302 g/mol. The maximum Gasteiger partial charge on any atom is 0.310 e. The van der Waals surface area contributed by atoms with Crippen LogP contribution in [0.15, 0.2) is 18.2 Å². The number of nitro benzene ring substituents is 1. The maximum absolute atomic E-state index is 12.6. The molecule has 0 radical (unpaired) electrons. The van der Waals surface area contributed by atoms with Crippen molar-refractivity contribution in [1.82, 2.24) is 4.90 Å². The number of nitro groups is 1. The summed E-state index contributed by atoms with van der Waals surface area (Å²) in [7, 11) is 2.90. The first-order chi connectivity index (χ1) is 11.0. The van der Waals surface area contributed by atoms with Gasteiger partial charge in [-0.1, -0.05) is 0 Å². The molecule has 1 fully saturated rings. The van der Waals surface area contributed by atoms with Crippen molar-refractivity contribution in [3.05, 3.63) is 33.9 Å². The van der Waals surface area contributed by atoms with Crippen LogP contribution in [-0.2, 0) is 9.53 Å².